The number of ether oxygens (including phenoxy) is 1. The number of fused-ring (bicyclic) bond motifs is 1. The molecule has 122 valence electrons. The van der Waals surface area contributed by atoms with E-state index < -0.39 is 17.6 Å². The summed E-state index contributed by atoms with van der Waals surface area (Å²) in [5, 5.41) is 2.69. The van der Waals surface area contributed by atoms with Gasteiger partial charge in [-0.05, 0) is 46.5 Å². The van der Waals surface area contributed by atoms with Crippen molar-refractivity contribution in [1.82, 2.24) is 10.0 Å². The molecule has 22 heavy (non-hydrogen) atoms. The van der Waals surface area contributed by atoms with Crippen molar-refractivity contribution in [2.75, 3.05) is 6.54 Å². The fraction of sp³-hybridized carbons (Fsp3) is 0.688. The van der Waals surface area contributed by atoms with Crippen LogP contribution < -0.4 is 0 Å². The molecule has 2 aliphatic rings. The minimum atomic E-state index is -0.751. The Hall–Kier alpha value is -1.85. The monoisotopic (exact) mass is 308 g/mol. The SMILES string of the molecule is C=C1CCCC(=O)N2CCC[C@@H](C(=O)OC(C)(C)C)N2C1=O. The van der Waals surface area contributed by atoms with Crippen molar-refractivity contribution in [3.8, 4) is 0 Å². The van der Waals surface area contributed by atoms with E-state index in [9.17, 15) is 14.4 Å². The number of carbonyl (C=O) groups excluding carboxylic acids is 3. The van der Waals surface area contributed by atoms with Gasteiger partial charge < -0.3 is 4.74 Å². The standard InChI is InChI=1S/C16H24N2O4/c1-11-7-5-9-13(19)17-10-6-8-12(18(17)14(11)20)15(21)22-16(2,3)4/h12H,1,5-10H2,2-4H3/t12-/m0/s1. The maximum absolute atomic E-state index is 12.6. The predicted molar refractivity (Wildman–Crippen MR) is 80.4 cm³/mol. The minimum Gasteiger partial charge on any atom is -0.458 e. The van der Waals surface area contributed by atoms with Crippen LogP contribution in [-0.2, 0) is 19.1 Å². The van der Waals surface area contributed by atoms with Gasteiger partial charge in [0.05, 0.1) is 0 Å². The van der Waals surface area contributed by atoms with Crippen LogP contribution in [0.1, 0.15) is 52.9 Å². The molecule has 0 unspecified atom stereocenters. The quantitative estimate of drug-likeness (QED) is 0.547. The molecule has 2 amide bonds. The Morgan fingerprint density at radius 1 is 1.23 bits per heavy atom. The van der Waals surface area contributed by atoms with Crippen molar-refractivity contribution in [1.29, 1.82) is 0 Å². The summed E-state index contributed by atoms with van der Waals surface area (Å²) in [7, 11) is 0. The Kier molecular flexibility index (Phi) is 4.58. The third-order valence-corrected chi connectivity index (χ3v) is 3.75. The van der Waals surface area contributed by atoms with Crippen LogP contribution in [0.4, 0.5) is 0 Å². The second-order valence-electron chi connectivity index (χ2n) is 6.82. The number of nitrogens with zero attached hydrogens (tertiary/aromatic N) is 2. The molecule has 2 saturated heterocycles. The van der Waals surface area contributed by atoms with E-state index in [-0.39, 0.29) is 11.8 Å². The zero-order valence-electron chi connectivity index (χ0n) is 13.6. The molecule has 2 rings (SSSR count). The first-order chi connectivity index (χ1) is 10.2. The van der Waals surface area contributed by atoms with Crippen molar-refractivity contribution in [3.05, 3.63) is 12.2 Å². The van der Waals surface area contributed by atoms with Crippen LogP contribution in [0.2, 0.25) is 0 Å². The highest BCUT2D eigenvalue weighted by molar-refractivity contribution is 5.97. The zero-order valence-corrected chi connectivity index (χ0v) is 13.6. The van der Waals surface area contributed by atoms with Gasteiger partial charge in [0.25, 0.3) is 5.91 Å². The van der Waals surface area contributed by atoms with Gasteiger partial charge >= 0.3 is 5.97 Å². The molecule has 0 aromatic heterocycles. The lowest BCUT2D eigenvalue weighted by Gasteiger charge is -2.44. The van der Waals surface area contributed by atoms with E-state index in [4.69, 9.17) is 4.74 Å². The summed E-state index contributed by atoms with van der Waals surface area (Å²) < 4.78 is 5.42. The molecular formula is C16H24N2O4. The molecule has 1 atom stereocenters. The maximum atomic E-state index is 12.6. The van der Waals surface area contributed by atoms with Crippen molar-refractivity contribution in [2.24, 2.45) is 0 Å². The number of rotatable bonds is 1. The Morgan fingerprint density at radius 3 is 2.55 bits per heavy atom. The highest BCUT2D eigenvalue weighted by atomic mass is 16.6. The average Bonchev–Trinajstić information content (AvgIpc) is 2.42. The van der Waals surface area contributed by atoms with Crippen molar-refractivity contribution in [3.63, 3.8) is 0 Å². The Bertz CT molecular complexity index is 507. The van der Waals surface area contributed by atoms with Crippen molar-refractivity contribution >= 4 is 17.8 Å². The number of hydrogen-bond donors (Lipinski definition) is 0. The summed E-state index contributed by atoms with van der Waals surface area (Å²) in [5.74, 6) is -0.926. The summed E-state index contributed by atoms with van der Waals surface area (Å²) in [6, 6.07) is -0.751. The molecule has 2 aliphatic heterocycles. The fourth-order valence-electron chi connectivity index (χ4n) is 2.77. The van der Waals surface area contributed by atoms with E-state index in [1.54, 1.807) is 20.8 Å². The van der Waals surface area contributed by atoms with Crippen molar-refractivity contribution in [2.45, 2.75) is 64.5 Å². The fourth-order valence-corrected chi connectivity index (χ4v) is 2.77. The van der Waals surface area contributed by atoms with Gasteiger partial charge in [-0.1, -0.05) is 6.58 Å². The first-order valence-corrected chi connectivity index (χ1v) is 7.75. The molecule has 2 heterocycles. The average molecular weight is 308 g/mol. The molecule has 0 aliphatic carbocycles. The third-order valence-electron chi connectivity index (χ3n) is 3.75. The molecule has 2 fully saturated rings. The van der Waals surface area contributed by atoms with Gasteiger partial charge in [-0.25, -0.2) is 9.80 Å². The number of hydrogen-bond acceptors (Lipinski definition) is 4. The second-order valence-corrected chi connectivity index (χ2v) is 6.82. The van der Waals surface area contributed by atoms with Crippen LogP contribution >= 0.6 is 0 Å². The number of hydrazine groups is 1. The molecule has 0 N–H and O–H groups in total. The van der Waals surface area contributed by atoms with E-state index in [1.807, 2.05) is 0 Å². The minimum absolute atomic E-state index is 0.117. The first-order valence-electron chi connectivity index (χ1n) is 7.75. The highest BCUT2D eigenvalue weighted by Gasteiger charge is 2.42. The summed E-state index contributed by atoms with van der Waals surface area (Å²) >= 11 is 0. The van der Waals surface area contributed by atoms with Gasteiger partial charge in [-0.15, -0.1) is 0 Å². The van der Waals surface area contributed by atoms with E-state index in [2.05, 4.69) is 6.58 Å². The second kappa shape index (κ2) is 6.10. The van der Waals surface area contributed by atoms with Gasteiger partial charge in [0.1, 0.15) is 5.60 Å². The lowest BCUT2D eigenvalue weighted by atomic mass is 10.0. The zero-order chi connectivity index (χ0) is 16.5. The van der Waals surface area contributed by atoms with Crippen LogP contribution in [0, 0.1) is 0 Å². The topological polar surface area (TPSA) is 66.9 Å². The Morgan fingerprint density at radius 2 is 1.91 bits per heavy atom. The molecule has 0 aromatic carbocycles. The number of carbonyl (C=O) groups is 3. The van der Waals surface area contributed by atoms with Gasteiger partial charge in [0.15, 0.2) is 6.04 Å². The number of esters is 1. The Balaban J connectivity index is 2.29. The summed E-state index contributed by atoms with van der Waals surface area (Å²) in [6.07, 6.45) is 2.63. The molecular weight excluding hydrogens is 284 g/mol. The van der Waals surface area contributed by atoms with Crippen LogP contribution in [0.5, 0.6) is 0 Å². The molecule has 0 radical (unpaired) electrons. The van der Waals surface area contributed by atoms with Gasteiger partial charge in [-0.3, -0.25) is 14.6 Å². The molecule has 0 saturated carbocycles. The number of amides is 2. The van der Waals surface area contributed by atoms with Crippen LogP contribution in [0.3, 0.4) is 0 Å². The molecule has 0 bridgehead atoms. The van der Waals surface area contributed by atoms with Crippen LogP contribution in [0.15, 0.2) is 12.2 Å². The van der Waals surface area contributed by atoms with E-state index in [1.165, 1.54) is 10.0 Å². The largest absolute Gasteiger partial charge is 0.458 e. The van der Waals surface area contributed by atoms with Gasteiger partial charge in [-0.2, -0.15) is 0 Å². The lowest BCUT2D eigenvalue weighted by Crippen LogP contribution is -2.61. The third kappa shape index (κ3) is 3.48. The van der Waals surface area contributed by atoms with E-state index in [0.717, 1.165) is 0 Å². The van der Waals surface area contributed by atoms with Crippen LogP contribution in [-0.4, -0.2) is 46.0 Å². The highest BCUT2D eigenvalue weighted by Crippen LogP contribution is 2.27. The van der Waals surface area contributed by atoms with Crippen molar-refractivity contribution < 1.29 is 19.1 Å². The smallest absolute Gasteiger partial charge is 0.331 e. The summed E-state index contributed by atoms with van der Waals surface area (Å²) in [6.45, 7) is 9.60. The molecule has 0 spiro atoms. The lowest BCUT2D eigenvalue weighted by molar-refractivity contribution is -0.187. The molecule has 6 heteroatoms. The van der Waals surface area contributed by atoms with Gasteiger partial charge in [0, 0.05) is 18.5 Å². The normalized spacial score (nSPS) is 23.8. The Labute approximate surface area is 131 Å². The van der Waals surface area contributed by atoms with E-state index in [0.29, 0.717) is 44.2 Å². The maximum Gasteiger partial charge on any atom is 0.331 e. The van der Waals surface area contributed by atoms with Gasteiger partial charge in [0.2, 0.25) is 5.91 Å². The van der Waals surface area contributed by atoms with Crippen LogP contribution in [0.25, 0.3) is 0 Å². The first kappa shape index (κ1) is 16.5. The van der Waals surface area contributed by atoms with E-state index >= 15 is 0 Å². The predicted octanol–water partition coefficient (Wildman–Crippen LogP) is 1.80. The molecule has 6 nitrogen and oxygen atoms in total. The summed E-state index contributed by atoms with van der Waals surface area (Å²) in [4.78, 5) is 37.3. The molecule has 0 aromatic rings. The summed E-state index contributed by atoms with van der Waals surface area (Å²) in [5.41, 5.74) is -0.195.